The van der Waals surface area contributed by atoms with E-state index in [9.17, 15) is 4.79 Å². The second-order valence-electron chi connectivity index (χ2n) is 2.07. The summed E-state index contributed by atoms with van der Waals surface area (Å²) in [6.07, 6.45) is 1.97. The van der Waals surface area contributed by atoms with Crippen LogP contribution in [0.3, 0.4) is 0 Å². The molecule has 13 heavy (non-hydrogen) atoms. The number of rotatable bonds is 4. The van der Waals surface area contributed by atoms with Gasteiger partial charge < -0.3 is 5.32 Å². The van der Waals surface area contributed by atoms with Gasteiger partial charge in [-0.2, -0.15) is 0 Å². The topological polar surface area (TPSA) is 50.7 Å². The zero-order valence-corrected chi connectivity index (χ0v) is 8.69. The lowest BCUT2D eigenvalue weighted by Crippen LogP contribution is -2.17. The fraction of sp³-hybridized carbons (Fsp3) is 0.500. The lowest BCUT2D eigenvalue weighted by atomic mass is 10.5. The Morgan fingerprint density at radius 1 is 1.77 bits per heavy atom. The molecule has 0 radical (unpaired) electrons. The first-order valence-electron chi connectivity index (χ1n) is 3.93. The van der Waals surface area contributed by atoms with E-state index in [2.05, 4.69) is 21.9 Å². The summed E-state index contributed by atoms with van der Waals surface area (Å²) < 4.78 is 0. The van der Waals surface area contributed by atoms with Crippen LogP contribution in [0.4, 0.5) is 4.79 Å². The van der Waals surface area contributed by atoms with Crippen LogP contribution in [0, 0.1) is 0 Å². The van der Waals surface area contributed by atoms with E-state index in [0.29, 0.717) is 0 Å². The summed E-state index contributed by atoms with van der Waals surface area (Å²) in [5.74, 6) is 0.768. The largest absolute Gasteiger partial charge is 0.433 e. The molecular formula is C8H14N2O2S. The number of carbonyl (C=O) groups is 1. The van der Waals surface area contributed by atoms with Crippen molar-refractivity contribution >= 4 is 22.9 Å². The minimum atomic E-state index is -0.551. The Morgan fingerprint density at radius 3 is 2.92 bits per heavy atom. The molecule has 0 bridgehead atoms. The molecule has 0 unspecified atom stereocenters. The molecule has 4 nitrogen and oxygen atoms in total. The number of amides is 1. The van der Waals surface area contributed by atoms with Crippen LogP contribution in [0.25, 0.3) is 0 Å². The molecule has 0 saturated heterocycles. The van der Waals surface area contributed by atoms with Gasteiger partial charge in [-0.3, -0.25) is 4.84 Å². The summed E-state index contributed by atoms with van der Waals surface area (Å²) in [5, 5.41) is 6.75. The van der Waals surface area contributed by atoms with E-state index in [1.165, 1.54) is 18.8 Å². The minimum absolute atomic E-state index is 0.551. The molecule has 0 spiro atoms. The zero-order chi connectivity index (χ0) is 10.1. The molecule has 0 aliphatic carbocycles. The minimum Gasteiger partial charge on any atom is -0.323 e. The average Bonchev–Trinajstić information content (AvgIpc) is 2.17. The highest BCUT2D eigenvalue weighted by molar-refractivity contribution is 8.14. The Hall–Kier alpha value is -0.970. The van der Waals surface area contributed by atoms with Gasteiger partial charge in [0.1, 0.15) is 5.04 Å². The van der Waals surface area contributed by atoms with E-state index in [1.54, 1.807) is 6.08 Å². The lowest BCUT2D eigenvalue weighted by Gasteiger charge is -2.00. The molecule has 0 aromatic carbocycles. The van der Waals surface area contributed by atoms with Crippen molar-refractivity contribution in [2.24, 2.45) is 5.16 Å². The molecule has 1 N–H and O–H groups in total. The van der Waals surface area contributed by atoms with Crippen LogP contribution in [0.15, 0.2) is 17.8 Å². The Labute approximate surface area is 82.4 Å². The normalized spacial score (nSPS) is 10.8. The fourth-order valence-corrected chi connectivity index (χ4v) is 1.09. The summed E-state index contributed by atoms with van der Waals surface area (Å²) in [6, 6.07) is 0. The van der Waals surface area contributed by atoms with Crippen LogP contribution >= 0.6 is 11.8 Å². The zero-order valence-electron chi connectivity index (χ0n) is 7.87. The van der Waals surface area contributed by atoms with E-state index in [-0.39, 0.29) is 0 Å². The maximum absolute atomic E-state index is 10.6. The Bertz CT molecular complexity index is 204. The molecule has 0 aliphatic heterocycles. The summed E-state index contributed by atoms with van der Waals surface area (Å²) in [6.45, 7) is 5.53. The van der Waals surface area contributed by atoms with Crippen molar-refractivity contribution < 1.29 is 9.63 Å². The third-order valence-corrected chi connectivity index (χ3v) is 2.20. The van der Waals surface area contributed by atoms with Crippen molar-refractivity contribution in [3.8, 4) is 0 Å². The van der Waals surface area contributed by atoms with Crippen LogP contribution in [0.1, 0.15) is 13.3 Å². The number of nitrogens with one attached hydrogen (secondary N) is 1. The van der Waals surface area contributed by atoms with Gasteiger partial charge in [-0.15, -0.1) is 18.3 Å². The first kappa shape index (κ1) is 12.0. The van der Waals surface area contributed by atoms with Crippen molar-refractivity contribution in [1.29, 1.82) is 0 Å². The number of oxime groups is 1. The van der Waals surface area contributed by atoms with Crippen LogP contribution in [0.2, 0.25) is 0 Å². The highest BCUT2D eigenvalue weighted by atomic mass is 32.2. The van der Waals surface area contributed by atoms with Crippen molar-refractivity contribution in [3.63, 3.8) is 0 Å². The van der Waals surface area contributed by atoms with Crippen molar-refractivity contribution in [2.45, 2.75) is 13.3 Å². The van der Waals surface area contributed by atoms with E-state index >= 15 is 0 Å². The van der Waals surface area contributed by atoms with E-state index < -0.39 is 6.09 Å². The lowest BCUT2D eigenvalue weighted by molar-refractivity contribution is 0.153. The van der Waals surface area contributed by atoms with Crippen LogP contribution < -0.4 is 5.32 Å². The molecule has 0 aromatic heterocycles. The van der Waals surface area contributed by atoms with Gasteiger partial charge in [0.05, 0.1) is 0 Å². The summed E-state index contributed by atoms with van der Waals surface area (Å²) in [4.78, 5) is 15.2. The van der Waals surface area contributed by atoms with Gasteiger partial charge in [0.25, 0.3) is 0 Å². The molecule has 0 atom stereocenters. The number of thioether (sulfide) groups is 1. The third-order valence-electron chi connectivity index (χ3n) is 1.10. The van der Waals surface area contributed by atoms with Gasteiger partial charge in [0.15, 0.2) is 0 Å². The molecule has 0 heterocycles. The quantitative estimate of drug-likeness (QED) is 0.249. The van der Waals surface area contributed by atoms with Gasteiger partial charge in [-0.05, 0) is 6.42 Å². The van der Waals surface area contributed by atoms with E-state index in [1.807, 2.05) is 6.92 Å². The van der Waals surface area contributed by atoms with E-state index in [0.717, 1.165) is 17.2 Å². The second-order valence-corrected chi connectivity index (χ2v) is 3.16. The summed E-state index contributed by atoms with van der Waals surface area (Å²) >= 11 is 1.50. The molecule has 1 amide bonds. The Morgan fingerprint density at radius 2 is 2.46 bits per heavy atom. The van der Waals surface area contributed by atoms with Crippen molar-refractivity contribution in [1.82, 2.24) is 5.32 Å². The molecule has 0 aliphatic rings. The predicted molar refractivity (Wildman–Crippen MR) is 55.9 cm³/mol. The summed E-state index contributed by atoms with van der Waals surface area (Å²) in [5.41, 5.74) is 0. The van der Waals surface area contributed by atoms with Crippen LogP contribution in [-0.4, -0.2) is 23.9 Å². The molecule has 0 fully saturated rings. The first-order valence-corrected chi connectivity index (χ1v) is 4.92. The van der Waals surface area contributed by atoms with Gasteiger partial charge in [-0.1, -0.05) is 18.2 Å². The molecule has 5 heteroatoms. The second kappa shape index (κ2) is 7.67. The number of hydrogen-bond acceptors (Lipinski definition) is 4. The number of hydrogen-bond donors (Lipinski definition) is 1. The smallest absolute Gasteiger partial charge is 0.323 e. The average molecular weight is 202 g/mol. The predicted octanol–water partition coefficient (Wildman–Crippen LogP) is 1.99. The Balaban J connectivity index is 3.90. The first-order chi connectivity index (χ1) is 6.24. The monoisotopic (exact) mass is 202 g/mol. The van der Waals surface area contributed by atoms with Gasteiger partial charge in [0, 0.05) is 12.8 Å². The number of nitrogens with zero attached hydrogens (tertiary/aromatic N) is 1. The van der Waals surface area contributed by atoms with Crippen molar-refractivity contribution in [3.05, 3.63) is 12.7 Å². The third kappa shape index (κ3) is 6.21. The van der Waals surface area contributed by atoms with Gasteiger partial charge in [-0.25, -0.2) is 4.79 Å². The number of carbonyl (C=O) groups excluding carboxylic acids is 1. The molecule has 0 aromatic rings. The molecule has 0 rings (SSSR count). The standard InChI is InChI=1S/C8H14N2O2S/c1-4-6-13-7(5-2)10-12-8(11)9-3/h4H,1,5-6H2,2-3H3,(H,9,11). The van der Waals surface area contributed by atoms with Crippen LogP contribution in [-0.2, 0) is 4.84 Å². The summed E-state index contributed by atoms with van der Waals surface area (Å²) in [7, 11) is 1.49. The molecule has 0 saturated carbocycles. The van der Waals surface area contributed by atoms with Gasteiger partial charge >= 0.3 is 6.09 Å². The Kier molecular flexibility index (Phi) is 7.10. The molecule has 74 valence electrons. The maximum Gasteiger partial charge on any atom is 0.433 e. The van der Waals surface area contributed by atoms with Gasteiger partial charge in [0.2, 0.25) is 0 Å². The SMILES string of the molecule is C=CCSC(CC)=NOC(=O)NC. The highest BCUT2D eigenvalue weighted by Crippen LogP contribution is 2.07. The van der Waals surface area contributed by atoms with Crippen LogP contribution in [0.5, 0.6) is 0 Å². The fourth-order valence-electron chi connectivity index (χ4n) is 0.486. The van der Waals surface area contributed by atoms with Crippen molar-refractivity contribution in [2.75, 3.05) is 12.8 Å². The van der Waals surface area contributed by atoms with E-state index in [4.69, 9.17) is 0 Å². The molecular weight excluding hydrogens is 188 g/mol. The maximum atomic E-state index is 10.6. The highest BCUT2D eigenvalue weighted by Gasteiger charge is 1.99.